The molecule has 0 N–H and O–H groups in total. The summed E-state index contributed by atoms with van der Waals surface area (Å²) in [6.45, 7) is 15.1. The Hall–Kier alpha value is -2.02. The van der Waals surface area contributed by atoms with E-state index in [0.717, 1.165) is 11.3 Å². The highest BCUT2D eigenvalue weighted by Crippen LogP contribution is 2.33. The van der Waals surface area contributed by atoms with Crippen LogP contribution >= 0.6 is 0 Å². The second kappa shape index (κ2) is 7.70. The molecule has 2 aromatic carbocycles. The van der Waals surface area contributed by atoms with Crippen LogP contribution in [-0.2, 0) is 0 Å². The molecule has 1 nitrogen and oxygen atoms in total. The van der Waals surface area contributed by atoms with Crippen molar-refractivity contribution in [1.82, 2.24) is 0 Å². The second-order valence-corrected chi connectivity index (χ2v) is 7.09. The molecule has 0 heterocycles. The first kappa shape index (κ1) is 18.3. The molecule has 1 unspecified atom stereocenters. The highest BCUT2D eigenvalue weighted by Gasteiger charge is 2.14. The number of ether oxygens (including phenoxy) is 1. The van der Waals surface area contributed by atoms with Gasteiger partial charge in [-0.25, -0.2) is 0 Å². The van der Waals surface area contributed by atoms with Crippen LogP contribution in [0.5, 0.6) is 5.75 Å². The topological polar surface area (TPSA) is 9.23 Å². The molecule has 0 aliphatic rings. The molecule has 0 aromatic heterocycles. The molecular formula is C23H30O. The summed E-state index contributed by atoms with van der Waals surface area (Å²) in [5.41, 5.74) is 7.61. The summed E-state index contributed by atoms with van der Waals surface area (Å²) in [6.07, 6.45) is 4.36. The lowest BCUT2D eigenvalue weighted by Gasteiger charge is -2.21. The van der Waals surface area contributed by atoms with Gasteiger partial charge >= 0.3 is 0 Å². The molecule has 0 spiro atoms. The molecule has 0 saturated heterocycles. The highest BCUT2D eigenvalue weighted by atomic mass is 16.5. The van der Waals surface area contributed by atoms with Gasteiger partial charge in [0.25, 0.3) is 0 Å². The Morgan fingerprint density at radius 3 is 2.08 bits per heavy atom. The third-order valence-corrected chi connectivity index (χ3v) is 4.58. The average molecular weight is 322 g/mol. The van der Waals surface area contributed by atoms with Crippen molar-refractivity contribution < 1.29 is 4.74 Å². The van der Waals surface area contributed by atoms with E-state index in [1.165, 1.54) is 27.8 Å². The molecular weight excluding hydrogens is 292 g/mol. The zero-order chi connectivity index (χ0) is 17.9. The van der Waals surface area contributed by atoms with Gasteiger partial charge < -0.3 is 4.74 Å². The van der Waals surface area contributed by atoms with E-state index < -0.39 is 0 Å². The van der Waals surface area contributed by atoms with E-state index in [0.29, 0.717) is 5.92 Å². The Labute approximate surface area is 147 Å². The first-order valence-electron chi connectivity index (χ1n) is 8.85. The van der Waals surface area contributed by atoms with Gasteiger partial charge in [-0.2, -0.15) is 0 Å². The molecule has 0 radical (unpaired) electrons. The molecule has 2 rings (SSSR count). The van der Waals surface area contributed by atoms with Crippen LogP contribution < -0.4 is 4.74 Å². The first-order chi connectivity index (χ1) is 11.3. The molecule has 128 valence electrons. The van der Waals surface area contributed by atoms with Gasteiger partial charge in [0.15, 0.2) is 0 Å². The summed E-state index contributed by atoms with van der Waals surface area (Å²) in [6, 6.07) is 11.1. The third kappa shape index (κ3) is 4.08. The van der Waals surface area contributed by atoms with E-state index in [9.17, 15) is 0 Å². The summed E-state index contributed by atoms with van der Waals surface area (Å²) < 4.78 is 6.27. The van der Waals surface area contributed by atoms with Crippen LogP contribution in [0.1, 0.15) is 49.9 Å². The highest BCUT2D eigenvalue weighted by molar-refractivity contribution is 5.75. The molecule has 0 fully saturated rings. The van der Waals surface area contributed by atoms with Crippen LogP contribution in [0.3, 0.4) is 0 Å². The van der Waals surface area contributed by atoms with E-state index >= 15 is 0 Å². The number of aryl methyl sites for hydroxylation is 3. The Balaban J connectivity index is 2.54. The van der Waals surface area contributed by atoms with Gasteiger partial charge in [0.05, 0.1) is 6.10 Å². The lowest BCUT2D eigenvalue weighted by atomic mass is 9.93. The van der Waals surface area contributed by atoms with Crippen LogP contribution in [0.4, 0.5) is 0 Å². The van der Waals surface area contributed by atoms with Gasteiger partial charge in [-0.15, -0.1) is 0 Å². The lowest BCUT2D eigenvalue weighted by molar-refractivity contribution is 0.170. The van der Waals surface area contributed by atoms with E-state index in [1.54, 1.807) is 0 Å². The second-order valence-electron chi connectivity index (χ2n) is 7.09. The van der Waals surface area contributed by atoms with Crippen molar-refractivity contribution in [2.75, 3.05) is 0 Å². The minimum Gasteiger partial charge on any atom is -0.490 e. The largest absolute Gasteiger partial charge is 0.490 e. The summed E-state index contributed by atoms with van der Waals surface area (Å²) in [4.78, 5) is 0. The smallest absolute Gasteiger partial charge is 0.127 e. The fourth-order valence-electron chi connectivity index (χ4n) is 3.08. The molecule has 24 heavy (non-hydrogen) atoms. The third-order valence-electron chi connectivity index (χ3n) is 4.58. The van der Waals surface area contributed by atoms with Gasteiger partial charge in [0.2, 0.25) is 0 Å². The number of benzene rings is 2. The number of hydrogen-bond acceptors (Lipinski definition) is 1. The van der Waals surface area contributed by atoms with Gasteiger partial charge in [-0.05, 0) is 68.9 Å². The molecule has 1 heteroatoms. The average Bonchev–Trinajstić information content (AvgIpc) is 2.48. The molecule has 0 amide bonds. The summed E-state index contributed by atoms with van der Waals surface area (Å²) in [5, 5.41) is 0. The number of hydrogen-bond donors (Lipinski definition) is 0. The molecule has 0 aliphatic carbocycles. The van der Waals surface area contributed by atoms with Crippen molar-refractivity contribution in [1.29, 1.82) is 0 Å². The minimum atomic E-state index is 0.185. The van der Waals surface area contributed by atoms with Gasteiger partial charge in [-0.3, -0.25) is 0 Å². The van der Waals surface area contributed by atoms with Crippen molar-refractivity contribution >= 4 is 6.08 Å². The van der Waals surface area contributed by atoms with Crippen LogP contribution in [0.15, 0.2) is 36.4 Å². The summed E-state index contributed by atoms with van der Waals surface area (Å²) >= 11 is 0. The van der Waals surface area contributed by atoms with E-state index in [2.05, 4.69) is 84.0 Å². The van der Waals surface area contributed by atoms with Crippen molar-refractivity contribution in [3.05, 3.63) is 58.7 Å². The quantitative estimate of drug-likeness (QED) is 0.592. The maximum absolute atomic E-state index is 6.27. The number of rotatable bonds is 5. The fraction of sp³-hybridized carbons (Fsp3) is 0.391. The van der Waals surface area contributed by atoms with Crippen LogP contribution in [0.25, 0.3) is 17.2 Å². The maximum atomic E-state index is 6.27. The van der Waals surface area contributed by atoms with Crippen molar-refractivity contribution in [3.8, 4) is 16.9 Å². The molecule has 0 bridgehead atoms. The van der Waals surface area contributed by atoms with Crippen molar-refractivity contribution in [3.63, 3.8) is 0 Å². The molecule has 0 saturated carbocycles. The van der Waals surface area contributed by atoms with Crippen molar-refractivity contribution in [2.24, 2.45) is 5.92 Å². The van der Waals surface area contributed by atoms with E-state index in [-0.39, 0.29) is 6.10 Å². The monoisotopic (exact) mass is 322 g/mol. The predicted octanol–water partition coefficient (Wildman–Crippen LogP) is 6.74. The van der Waals surface area contributed by atoms with Crippen molar-refractivity contribution in [2.45, 2.75) is 54.6 Å². The summed E-state index contributed by atoms with van der Waals surface area (Å²) in [5.74, 6) is 1.45. The van der Waals surface area contributed by atoms with Crippen LogP contribution in [0, 0.1) is 26.7 Å². The number of allylic oxidation sites excluding steroid dienone is 1. The first-order valence-corrected chi connectivity index (χ1v) is 8.85. The van der Waals surface area contributed by atoms with Gasteiger partial charge in [-0.1, -0.05) is 55.8 Å². The summed E-state index contributed by atoms with van der Waals surface area (Å²) in [7, 11) is 0. The fourth-order valence-corrected chi connectivity index (χ4v) is 3.08. The predicted molar refractivity (Wildman–Crippen MR) is 106 cm³/mol. The van der Waals surface area contributed by atoms with Gasteiger partial charge in [0, 0.05) is 5.56 Å². The Kier molecular flexibility index (Phi) is 5.88. The molecule has 2 aromatic rings. The Morgan fingerprint density at radius 2 is 1.54 bits per heavy atom. The van der Waals surface area contributed by atoms with Crippen LogP contribution in [-0.4, -0.2) is 6.10 Å². The standard InChI is InChI=1S/C23H30O/c1-8-9-20-10-11-21(14-22(20)24-19(7)15(2)3)23-17(5)12-16(4)13-18(23)6/h8-15,19H,1-7H3/b9-8+. The zero-order valence-corrected chi connectivity index (χ0v) is 16.1. The Morgan fingerprint density at radius 1 is 0.917 bits per heavy atom. The van der Waals surface area contributed by atoms with Crippen LogP contribution in [0.2, 0.25) is 0 Å². The Bertz CT molecular complexity index is 715. The van der Waals surface area contributed by atoms with E-state index in [4.69, 9.17) is 4.74 Å². The zero-order valence-electron chi connectivity index (χ0n) is 16.1. The normalized spacial score (nSPS) is 12.8. The maximum Gasteiger partial charge on any atom is 0.127 e. The minimum absolute atomic E-state index is 0.185. The lowest BCUT2D eigenvalue weighted by Crippen LogP contribution is -2.19. The molecule has 1 atom stereocenters. The molecule has 0 aliphatic heterocycles. The SMILES string of the molecule is C/C=C/c1ccc(-c2c(C)cc(C)cc2C)cc1OC(C)C(C)C. The van der Waals surface area contributed by atoms with Gasteiger partial charge in [0.1, 0.15) is 5.75 Å². The van der Waals surface area contributed by atoms with E-state index in [1.807, 2.05) is 6.92 Å².